The van der Waals surface area contributed by atoms with E-state index in [0.717, 1.165) is 0 Å². The van der Waals surface area contributed by atoms with E-state index < -0.39 is 18.1 Å². The number of phenols is 1. The highest BCUT2D eigenvalue weighted by Crippen LogP contribution is 2.46. The number of carboxylic acids is 1. The number of phenolic OH excluding ortho intramolecular Hbond substituents is 1. The monoisotopic (exact) mass is 525 g/mol. The van der Waals surface area contributed by atoms with Crippen LogP contribution < -0.4 is 10.2 Å². The molecular weight excluding hydrogens is 509 g/mol. The quantitative estimate of drug-likeness (QED) is 0.263. The predicted molar refractivity (Wildman–Crippen MR) is 137 cm³/mol. The summed E-state index contributed by atoms with van der Waals surface area (Å²) in [5.41, 5.74) is 1.65. The molecule has 1 aliphatic heterocycles. The summed E-state index contributed by atoms with van der Waals surface area (Å²) < 4.78 is 6.23. The maximum Gasteiger partial charge on any atom is 0.335 e. The third-order valence-corrected chi connectivity index (χ3v) is 6.57. The van der Waals surface area contributed by atoms with Crippen LogP contribution in [0, 0.1) is 0 Å². The van der Waals surface area contributed by atoms with Gasteiger partial charge in [0.25, 0.3) is 0 Å². The van der Waals surface area contributed by atoms with Crippen molar-refractivity contribution < 1.29 is 19.4 Å². The van der Waals surface area contributed by atoms with Gasteiger partial charge in [0.05, 0.1) is 28.0 Å². The van der Waals surface area contributed by atoms with Crippen LogP contribution in [0.1, 0.15) is 33.9 Å². The van der Waals surface area contributed by atoms with E-state index in [4.69, 9.17) is 39.8 Å². The molecule has 35 heavy (non-hydrogen) atoms. The predicted octanol–water partition coefficient (Wildman–Crippen LogP) is 6.23. The number of hydrogen-bond acceptors (Lipinski definition) is 5. The van der Waals surface area contributed by atoms with Crippen LogP contribution in [-0.4, -0.2) is 26.3 Å². The van der Waals surface area contributed by atoms with Crippen molar-refractivity contribution in [3.8, 4) is 17.1 Å². The molecule has 0 amide bonds. The Morgan fingerprint density at radius 3 is 2.66 bits per heavy atom. The molecule has 4 aromatic rings. The van der Waals surface area contributed by atoms with Crippen molar-refractivity contribution in [2.75, 3.05) is 4.90 Å². The lowest BCUT2D eigenvalue weighted by molar-refractivity contribution is 0.0697. The van der Waals surface area contributed by atoms with E-state index in [0.29, 0.717) is 43.6 Å². The number of thiocarbonyl (C=S) groups is 1. The third-order valence-electron chi connectivity index (χ3n) is 5.69. The van der Waals surface area contributed by atoms with Gasteiger partial charge in [0, 0.05) is 16.8 Å². The second-order valence-electron chi connectivity index (χ2n) is 7.83. The number of hydrogen-bond donors (Lipinski definition) is 3. The molecule has 1 fully saturated rings. The normalized spacial score (nSPS) is 17.4. The Morgan fingerprint density at radius 2 is 1.91 bits per heavy atom. The number of anilines is 1. The molecule has 0 aliphatic carbocycles. The molecule has 176 valence electrons. The van der Waals surface area contributed by atoms with Crippen molar-refractivity contribution >= 4 is 52.2 Å². The molecule has 2 atom stereocenters. The van der Waals surface area contributed by atoms with Gasteiger partial charge in [-0.3, -0.25) is 4.98 Å². The van der Waals surface area contributed by atoms with Crippen LogP contribution in [0.2, 0.25) is 10.0 Å². The first-order valence-electron chi connectivity index (χ1n) is 10.5. The molecule has 3 N–H and O–H groups in total. The van der Waals surface area contributed by atoms with Crippen molar-refractivity contribution in [2.45, 2.75) is 12.1 Å². The van der Waals surface area contributed by atoms with Gasteiger partial charge < -0.3 is 24.8 Å². The molecular formula is C25H17Cl2N3O4S. The number of nitrogens with zero attached hydrogens (tertiary/aromatic N) is 2. The number of pyridine rings is 1. The van der Waals surface area contributed by atoms with Gasteiger partial charge in [-0.1, -0.05) is 29.3 Å². The topological polar surface area (TPSA) is 98.8 Å². The highest BCUT2D eigenvalue weighted by molar-refractivity contribution is 7.80. The van der Waals surface area contributed by atoms with Crippen molar-refractivity contribution in [1.29, 1.82) is 0 Å². The SMILES string of the molecule is O=C(O)c1ccc(Cl)c(-c2ccc([C@H]3[C@@H](c4ccccn4)NC(=S)N3c3cc(Cl)ccc3O)o2)c1. The van der Waals surface area contributed by atoms with Crippen LogP contribution in [0.3, 0.4) is 0 Å². The maximum atomic E-state index is 11.5. The Bertz CT molecular complexity index is 1440. The summed E-state index contributed by atoms with van der Waals surface area (Å²) in [4.78, 5) is 17.7. The van der Waals surface area contributed by atoms with Gasteiger partial charge in [-0.25, -0.2) is 4.79 Å². The standard InChI is InChI=1S/C25H17Cl2N3O4S/c26-14-5-7-19(31)18(12-14)30-23(22(29-25(30)35)17-3-1-2-10-28-17)21-9-8-20(34-21)15-11-13(24(32)33)4-6-16(15)27/h1-12,22-23,31H,(H,29,35)(H,32,33)/t22-,23+/m1/s1. The number of rotatable bonds is 5. The van der Waals surface area contributed by atoms with Crippen molar-refractivity contribution in [3.05, 3.63) is 100.0 Å². The molecule has 0 spiro atoms. The van der Waals surface area contributed by atoms with E-state index >= 15 is 0 Å². The van der Waals surface area contributed by atoms with E-state index in [9.17, 15) is 15.0 Å². The summed E-state index contributed by atoms with van der Waals surface area (Å²) in [5.74, 6) is -0.188. The lowest BCUT2D eigenvalue weighted by Crippen LogP contribution is -2.29. The summed E-state index contributed by atoms with van der Waals surface area (Å²) in [7, 11) is 0. The fraction of sp³-hybridized carbons (Fsp3) is 0.0800. The highest BCUT2D eigenvalue weighted by Gasteiger charge is 2.43. The van der Waals surface area contributed by atoms with Gasteiger partial charge in [-0.2, -0.15) is 0 Å². The van der Waals surface area contributed by atoms with Crippen LogP contribution in [0.4, 0.5) is 5.69 Å². The second-order valence-corrected chi connectivity index (χ2v) is 9.06. The Hall–Kier alpha value is -3.59. The third kappa shape index (κ3) is 4.32. The summed E-state index contributed by atoms with van der Waals surface area (Å²) >= 11 is 18.2. The summed E-state index contributed by atoms with van der Waals surface area (Å²) in [5, 5.41) is 24.4. The van der Waals surface area contributed by atoms with Crippen molar-refractivity contribution in [1.82, 2.24) is 10.3 Å². The van der Waals surface area contributed by atoms with E-state index in [2.05, 4.69) is 10.3 Å². The van der Waals surface area contributed by atoms with E-state index in [1.54, 1.807) is 35.4 Å². The first-order valence-corrected chi connectivity index (χ1v) is 11.6. The molecule has 0 saturated carbocycles. The zero-order chi connectivity index (χ0) is 24.7. The largest absolute Gasteiger partial charge is 0.506 e. The van der Waals surface area contributed by atoms with Crippen LogP contribution >= 0.6 is 35.4 Å². The molecule has 0 radical (unpaired) electrons. The first-order chi connectivity index (χ1) is 16.8. The number of aromatic nitrogens is 1. The Morgan fingerprint density at radius 1 is 1.09 bits per heavy atom. The average molecular weight is 526 g/mol. The lowest BCUT2D eigenvalue weighted by Gasteiger charge is -2.26. The zero-order valence-electron chi connectivity index (χ0n) is 17.9. The number of carboxylic acid groups (broad SMARTS) is 1. The second kappa shape index (κ2) is 9.22. The van der Waals surface area contributed by atoms with Gasteiger partial charge in [0.2, 0.25) is 0 Å². The summed E-state index contributed by atoms with van der Waals surface area (Å²) in [6.45, 7) is 0. The fourth-order valence-electron chi connectivity index (χ4n) is 4.10. The number of furan rings is 1. The van der Waals surface area contributed by atoms with E-state index in [1.165, 1.54) is 24.3 Å². The number of nitrogens with one attached hydrogen (secondary N) is 1. The van der Waals surface area contributed by atoms with E-state index in [-0.39, 0.29) is 11.3 Å². The highest BCUT2D eigenvalue weighted by atomic mass is 35.5. The summed E-state index contributed by atoms with van der Waals surface area (Å²) in [6.07, 6.45) is 1.68. The Kier molecular flexibility index (Phi) is 6.10. The minimum Gasteiger partial charge on any atom is -0.506 e. The average Bonchev–Trinajstić information content (AvgIpc) is 3.46. The van der Waals surface area contributed by atoms with Crippen LogP contribution in [0.5, 0.6) is 5.75 Å². The first kappa shape index (κ1) is 23.2. The molecule has 5 rings (SSSR count). The fourth-order valence-corrected chi connectivity index (χ4v) is 4.81. The number of halogens is 2. The number of aromatic carboxylic acids is 1. The van der Waals surface area contributed by atoms with Crippen LogP contribution in [0.25, 0.3) is 11.3 Å². The number of aromatic hydroxyl groups is 1. The van der Waals surface area contributed by atoms with Crippen LogP contribution in [0.15, 0.2) is 77.3 Å². The molecule has 1 saturated heterocycles. The van der Waals surface area contributed by atoms with Gasteiger partial charge >= 0.3 is 5.97 Å². The van der Waals surface area contributed by atoms with Gasteiger partial charge in [-0.15, -0.1) is 0 Å². The van der Waals surface area contributed by atoms with Gasteiger partial charge in [0.15, 0.2) is 5.11 Å². The van der Waals surface area contributed by atoms with Crippen LogP contribution in [-0.2, 0) is 0 Å². The Balaban J connectivity index is 1.64. The smallest absolute Gasteiger partial charge is 0.335 e. The number of carbonyl (C=O) groups is 1. The number of benzene rings is 2. The molecule has 1 aliphatic rings. The molecule has 2 aromatic heterocycles. The molecule has 2 aromatic carbocycles. The minimum atomic E-state index is -1.07. The van der Waals surface area contributed by atoms with E-state index in [1.807, 2.05) is 18.2 Å². The van der Waals surface area contributed by atoms with Crippen molar-refractivity contribution in [3.63, 3.8) is 0 Å². The van der Waals surface area contributed by atoms with Crippen molar-refractivity contribution in [2.24, 2.45) is 0 Å². The molecule has 0 unspecified atom stereocenters. The maximum absolute atomic E-state index is 11.5. The van der Waals surface area contributed by atoms with Gasteiger partial charge in [-0.05, 0) is 72.9 Å². The molecule has 0 bridgehead atoms. The van der Waals surface area contributed by atoms with Gasteiger partial charge in [0.1, 0.15) is 23.3 Å². The summed E-state index contributed by atoms with van der Waals surface area (Å²) in [6, 6.07) is 17.2. The lowest BCUT2D eigenvalue weighted by atomic mass is 10.0. The molecule has 7 nitrogen and oxygen atoms in total. The molecule has 10 heteroatoms. The molecule has 3 heterocycles. The zero-order valence-corrected chi connectivity index (χ0v) is 20.2. The Labute approximate surface area is 215 Å². The minimum absolute atomic E-state index is 0.00537.